The summed E-state index contributed by atoms with van der Waals surface area (Å²) in [5.41, 5.74) is 2.90. The molecular weight excluding hydrogens is 366 g/mol. The highest BCUT2D eigenvalue weighted by Crippen LogP contribution is 2.48. The molecule has 3 aliphatic heterocycles. The van der Waals surface area contributed by atoms with E-state index in [-0.39, 0.29) is 23.8 Å². The second kappa shape index (κ2) is 6.97. The summed E-state index contributed by atoms with van der Waals surface area (Å²) in [6, 6.07) is 15.1. The van der Waals surface area contributed by atoms with Crippen LogP contribution in [-0.4, -0.2) is 47.6 Å². The molecular formula is C23H25N3O3. The fourth-order valence-electron chi connectivity index (χ4n) is 4.99. The number of hydrogen-bond acceptors (Lipinski definition) is 5. The molecule has 0 radical (unpaired) electrons. The number of imide groups is 1. The summed E-state index contributed by atoms with van der Waals surface area (Å²) in [6.45, 7) is 6.26. The van der Waals surface area contributed by atoms with Crippen LogP contribution in [0.5, 0.6) is 5.75 Å². The number of fused-ring (bicyclic) bond motifs is 3. The summed E-state index contributed by atoms with van der Waals surface area (Å²) in [5.74, 6) is 0.130. The molecule has 0 aromatic heterocycles. The fraction of sp³-hybridized carbons (Fsp3) is 0.391. The number of anilines is 1. The molecule has 6 heteroatoms. The zero-order valence-electron chi connectivity index (χ0n) is 16.7. The average molecular weight is 391 g/mol. The Morgan fingerprint density at radius 1 is 0.897 bits per heavy atom. The van der Waals surface area contributed by atoms with Crippen molar-refractivity contribution in [2.75, 3.05) is 24.6 Å². The van der Waals surface area contributed by atoms with Gasteiger partial charge in [0.15, 0.2) is 0 Å². The Labute approximate surface area is 170 Å². The van der Waals surface area contributed by atoms with Crippen molar-refractivity contribution in [3.8, 4) is 5.75 Å². The second-order valence-corrected chi connectivity index (χ2v) is 7.94. The van der Waals surface area contributed by atoms with E-state index in [0.29, 0.717) is 12.3 Å². The molecule has 2 aromatic carbocycles. The van der Waals surface area contributed by atoms with Gasteiger partial charge in [-0.3, -0.25) is 9.59 Å². The quantitative estimate of drug-likeness (QED) is 0.750. The third-order valence-electron chi connectivity index (χ3n) is 6.23. The van der Waals surface area contributed by atoms with Gasteiger partial charge >= 0.3 is 0 Å². The van der Waals surface area contributed by atoms with Crippen molar-refractivity contribution >= 4 is 17.5 Å². The summed E-state index contributed by atoms with van der Waals surface area (Å²) >= 11 is 0. The van der Waals surface area contributed by atoms with E-state index in [1.165, 1.54) is 10.5 Å². The average Bonchev–Trinajstić information content (AvgIpc) is 3.36. The minimum absolute atomic E-state index is 0.0905. The largest absolute Gasteiger partial charge is 0.494 e. The zero-order chi connectivity index (χ0) is 20.1. The molecule has 0 bridgehead atoms. The Balaban J connectivity index is 1.51. The molecule has 3 fully saturated rings. The topological polar surface area (TPSA) is 53.1 Å². The van der Waals surface area contributed by atoms with Crippen LogP contribution in [0.25, 0.3) is 0 Å². The Morgan fingerprint density at radius 3 is 2.21 bits per heavy atom. The minimum Gasteiger partial charge on any atom is -0.494 e. The van der Waals surface area contributed by atoms with E-state index in [2.05, 4.69) is 41.2 Å². The Morgan fingerprint density at radius 2 is 1.55 bits per heavy atom. The number of aryl methyl sites for hydroxylation is 1. The number of amides is 2. The number of hydrazine groups is 1. The van der Waals surface area contributed by atoms with Crippen LogP contribution in [0.2, 0.25) is 0 Å². The first-order valence-corrected chi connectivity index (χ1v) is 10.3. The van der Waals surface area contributed by atoms with Crippen LogP contribution in [0, 0.1) is 12.8 Å². The normalized spacial score (nSPS) is 26.8. The number of carbonyl (C=O) groups is 2. The van der Waals surface area contributed by atoms with Crippen LogP contribution in [-0.2, 0) is 9.59 Å². The molecule has 0 saturated carbocycles. The number of nitrogens with zero attached hydrogens (tertiary/aromatic N) is 3. The molecule has 2 amide bonds. The first kappa shape index (κ1) is 18.3. The van der Waals surface area contributed by atoms with E-state index in [4.69, 9.17) is 4.74 Å². The van der Waals surface area contributed by atoms with Gasteiger partial charge in [0.05, 0.1) is 24.3 Å². The molecule has 3 heterocycles. The van der Waals surface area contributed by atoms with Crippen LogP contribution >= 0.6 is 0 Å². The molecule has 3 saturated heterocycles. The van der Waals surface area contributed by atoms with Gasteiger partial charge in [0.25, 0.3) is 5.91 Å². The van der Waals surface area contributed by atoms with Gasteiger partial charge in [0.2, 0.25) is 5.91 Å². The molecule has 3 aliphatic rings. The lowest BCUT2D eigenvalue weighted by molar-refractivity contribution is -0.126. The highest BCUT2D eigenvalue weighted by Gasteiger charge is 2.62. The molecule has 0 N–H and O–H groups in total. The van der Waals surface area contributed by atoms with Crippen molar-refractivity contribution in [2.45, 2.75) is 32.4 Å². The number of rotatable bonds is 4. The van der Waals surface area contributed by atoms with Crippen LogP contribution in [0.1, 0.15) is 30.5 Å². The van der Waals surface area contributed by atoms with Crippen LogP contribution in [0.4, 0.5) is 5.69 Å². The SMILES string of the molecule is CCOc1ccc(N2C(=O)C3C(C2=O)N2CCCN2C3c2ccc(C)cc2)cc1. The van der Waals surface area contributed by atoms with Crippen molar-refractivity contribution in [1.29, 1.82) is 0 Å². The molecule has 150 valence electrons. The lowest BCUT2D eigenvalue weighted by atomic mass is 9.89. The van der Waals surface area contributed by atoms with Crippen molar-refractivity contribution in [2.24, 2.45) is 5.92 Å². The predicted octanol–water partition coefficient (Wildman–Crippen LogP) is 2.93. The highest BCUT2D eigenvalue weighted by molar-refractivity contribution is 6.24. The molecule has 0 spiro atoms. The van der Waals surface area contributed by atoms with E-state index in [1.807, 2.05) is 19.1 Å². The van der Waals surface area contributed by atoms with E-state index >= 15 is 0 Å². The van der Waals surface area contributed by atoms with Gasteiger partial charge in [-0.2, -0.15) is 0 Å². The van der Waals surface area contributed by atoms with Gasteiger partial charge in [-0.25, -0.2) is 14.9 Å². The number of carbonyl (C=O) groups excluding carboxylic acids is 2. The third kappa shape index (κ3) is 2.78. The molecule has 6 nitrogen and oxygen atoms in total. The molecule has 3 atom stereocenters. The lowest BCUT2D eigenvalue weighted by Gasteiger charge is -2.29. The zero-order valence-corrected chi connectivity index (χ0v) is 16.7. The number of benzene rings is 2. The molecule has 3 unspecified atom stereocenters. The van der Waals surface area contributed by atoms with E-state index in [0.717, 1.165) is 30.8 Å². The monoisotopic (exact) mass is 391 g/mol. The molecule has 0 aliphatic carbocycles. The summed E-state index contributed by atoms with van der Waals surface area (Å²) in [6.07, 6.45) is 1.01. The highest BCUT2D eigenvalue weighted by atomic mass is 16.5. The summed E-state index contributed by atoms with van der Waals surface area (Å²) in [7, 11) is 0. The smallest absolute Gasteiger partial charge is 0.253 e. The second-order valence-electron chi connectivity index (χ2n) is 7.94. The van der Waals surface area contributed by atoms with Gasteiger partial charge < -0.3 is 4.74 Å². The Kier molecular flexibility index (Phi) is 4.41. The standard InChI is InChI=1S/C23H25N3O3/c1-3-29-18-11-9-17(10-12-18)26-22(27)19-20(16-7-5-15(2)6-8-16)24-13-4-14-25(24)21(19)23(26)28/h5-12,19-21H,3-4,13-14H2,1-2H3. The molecule has 5 rings (SSSR count). The summed E-state index contributed by atoms with van der Waals surface area (Å²) in [4.78, 5) is 28.3. The van der Waals surface area contributed by atoms with Gasteiger partial charge in [-0.05, 0) is 50.1 Å². The van der Waals surface area contributed by atoms with Gasteiger partial charge in [-0.1, -0.05) is 29.8 Å². The lowest BCUT2D eigenvalue weighted by Crippen LogP contribution is -2.44. The van der Waals surface area contributed by atoms with Crippen molar-refractivity contribution in [1.82, 2.24) is 10.0 Å². The first-order valence-electron chi connectivity index (χ1n) is 10.3. The Hall–Kier alpha value is -2.70. The van der Waals surface area contributed by atoms with Gasteiger partial charge in [-0.15, -0.1) is 0 Å². The van der Waals surface area contributed by atoms with Crippen molar-refractivity contribution < 1.29 is 14.3 Å². The maximum absolute atomic E-state index is 13.5. The number of hydrogen-bond donors (Lipinski definition) is 0. The van der Waals surface area contributed by atoms with Crippen LogP contribution in [0.3, 0.4) is 0 Å². The van der Waals surface area contributed by atoms with Crippen molar-refractivity contribution in [3.63, 3.8) is 0 Å². The minimum atomic E-state index is -0.414. The Bertz CT molecular complexity index is 941. The predicted molar refractivity (Wildman–Crippen MR) is 109 cm³/mol. The van der Waals surface area contributed by atoms with Crippen molar-refractivity contribution in [3.05, 3.63) is 59.7 Å². The summed E-state index contributed by atoms with van der Waals surface area (Å²) < 4.78 is 5.49. The number of ether oxygens (including phenoxy) is 1. The van der Waals surface area contributed by atoms with Crippen LogP contribution < -0.4 is 9.64 Å². The van der Waals surface area contributed by atoms with E-state index in [9.17, 15) is 9.59 Å². The molecule has 2 aromatic rings. The van der Waals surface area contributed by atoms with E-state index in [1.54, 1.807) is 12.1 Å². The maximum atomic E-state index is 13.5. The fourth-order valence-corrected chi connectivity index (χ4v) is 4.99. The third-order valence-corrected chi connectivity index (χ3v) is 6.23. The first-order chi connectivity index (χ1) is 14.1. The van der Waals surface area contributed by atoms with Crippen LogP contribution in [0.15, 0.2) is 48.5 Å². The maximum Gasteiger partial charge on any atom is 0.253 e. The van der Waals surface area contributed by atoms with Gasteiger partial charge in [0.1, 0.15) is 11.8 Å². The van der Waals surface area contributed by atoms with E-state index < -0.39 is 6.04 Å². The molecule has 29 heavy (non-hydrogen) atoms. The van der Waals surface area contributed by atoms with Gasteiger partial charge in [0, 0.05) is 13.1 Å². The summed E-state index contributed by atoms with van der Waals surface area (Å²) in [5, 5.41) is 4.37.